The van der Waals surface area contributed by atoms with Gasteiger partial charge in [-0.25, -0.2) is 9.78 Å². The first kappa shape index (κ1) is 22.5. The van der Waals surface area contributed by atoms with Crippen LogP contribution in [0.3, 0.4) is 0 Å². The number of aromatic nitrogens is 1. The predicted octanol–water partition coefficient (Wildman–Crippen LogP) is 4.21. The van der Waals surface area contributed by atoms with Crippen molar-refractivity contribution >= 4 is 23.8 Å². The molecule has 0 bridgehead atoms. The minimum absolute atomic E-state index is 0.109. The number of nitrogens with zero attached hydrogens (tertiary/aromatic N) is 2. The second kappa shape index (κ2) is 8.88. The number of methoxy groups -OCH3 is 1. The SMILES string of the molecule is COc1cc(/C=C/CC(=O)OC(C)(C)C)c(N(C)C(=O)OC(C)(C)C)cn1. The van der Waals surface area contributed by atoms with Crippen LogP contribution in [0.15, 0.2) is 18.3 Å². The zero-order chi connectivity index (χ0) is 20.8. The molecule has 0 radical (unpaired) electrons. The van der Waals surface area contributed by atoms with Gasteiger partial charge >= 0.3 is 12.1 Å². The number of carbonyl (C=O) groups is 2. The van der Waals surface area contributed by atoms with E-state index in [4.69, 9.17) is 14.2 Å². The Labute approximate surface area is 161 Å². The zero-order valence-corrected chi connectivity index (χ0v) is 17.5. The summed E-state index contributed by atoms with van der Waals surface area (Å²) in [5.74, 6) is 0.0649. The molecule has 0 aliphatic heterocycles. The maximum Gasteiger partial charge on any atom is 0.414 e. The molecule has 0 saturated heterocycles. The van der Waals surface area contributed by atoms with E-state index in [0.717, 1.165) is 0 Å². The molecule has 0 atom stereocenters. The van der Waals surface area contributed by atoms with Gasteiger partial charge in [0.1, 0.15) is 11.2 Å². The van der Waals surface area contributed by atoms with E-state index in [1.54, 1.807) is 46.0 Å². The lowest BCUT2D eigenvalue weighted by Crippen LogP contribution is -2.34. The molecule has 1 rings (SSSR count). The van der Waals surface area contributed by atoms with E-state index in [0.29, 0.717) is 17.1 Å². The van der Waals surface area contributed by atoms with Crippen molar-refractivity contribution in [1.82, 2.24) is 4.98 Å². The minimum atomic E-state index is -0.613. The number of rotatable bonds is 5. The number of amides is 1. The first-order valence-corrected chi connectivity index (χ1v) is 8.71. The minimum Gasteiger partial charge on any atom is -0.481 e. The highest BCUT2D eigenvalue weighted by Gasteiger charge is 2.22. The van der Waals surface area contributed by atoms with Crippen LogP contribution in [0.1, 0.15) is 53.5 Å². The van der Waals surface area contributed by atoms with Crippen LogP contribution in [-0.4, -0.2) is 42.4 Å². The molecule has 0 unspecified atom stereocenters. The summed E-state index contributed by atoms with van der Waals surface area (Å²) < 4.78 is 15.8. The van der Waals surface area contributed by atoms with Crippen molar-refractivity contribution in [1.29, 1.82) is 0 Å². The lowest BCUT2D eigenvalue weighted by Gasteiger charge is -2.25. The van der Waals surface area contributed by atoms with Gasteiger partial charge < -0.3 is 14.2 Å². The summed E-state index contributed by atoms with van der Waals surface area (Å²) in [4.78, 5) is 29.7. The third kappa shape index (κ3) is 8.11. The molecule has 1 aromatic heterocycles. The molecular formula is C20H30N2O5. The van der Waals surface area contributed by atoms with Crippen LogP contribution in [0.2, 0.25) is 0 Å². The van der Waals surface area contributed by atoms with Gasteiger partial charge in [-0.2, -0.15) is 0 Å². The van der Waals surface area contributed by atoms with Crippen LogP contribution in [-0.2, 0) is 14.3 Å². The Morgan fingerprint density at radius 3 is 2.22 bits per heavy atom. The van der Waals surface area contributed by atoms with Crippen LogP contribution >= 0.6 is 0 Å². The molecule has 150 valence electrons. The summed E-state index contributed by atoms with van der Waals surface area (Å²) >= 11 is 0. The summed E-state index contributed by atoms with van der Waals surface area (Å²) in [6.07, 6.45) is 4.53. The van der Waals surface area contributed by atoms with Crippen LogP contribution < -0.4 is 9.64 Å². The Hall–Kier alpha value is -2.57. The fraction of sp³-hybridized carbons (Fsp3) is 0.550. The van der Waals surface area contributed by atoms with Crippen LogP contribution in [0.5, 0.6) is 5.88 Å². The topological polar surface area (TPSA) is 78.0 Å². The largest absolute Gasteiger partial charge is 0.481 e. The lowest BCUT2D eigenvalue weighted by molar-refractivity contribution is -0.153. The summed E-state index contributed by atoms with van der Waals surface area (Å²) in [5, 5.41) is 0. The number of hydrogen-bond donors (Lipinski definition) is 0. The Balaban J connectivity index is 3.02. The number of carbonyl (C=O) groups excluding carboxylic acids is 2. The molecule has 1 heterocycles. The third-order valence-corrected chi connectivity index (χ3v) is 3.13. The van der Waals surface area contributed by atoms with E-state index < -0.39 is 17.3 Å². The first-order valence-electron chi connectivity index (χ1n) is 8.71. The zero-order valence-electron chi connectivity index (χ0n) is 17.5. The average molecular weight is 378 g/mol. The van der Waals surface area contributed by atoms with Crippen molar-refractivity contribution in [2.24, 2.45) is 0 Å². The smallest absolute Gasteiger partial charge is 0.414 e. The molecule has 0 fully saturated rings. The fourth-order valence-corrected chi connectivity index (χ4v) is 2.06. The second-order valence-electron chi connectivity index (χ2n) is 8.02. The highest BCUT2D eigenvalue weighted by molar-refractivity contribution is 5.90. The van der Waals surface area contributed by atoms with Gasteiger partial charge in [-0.05, 0) is 41.5 Å². The maximum atomic E-state index is 12.4. The molecule has 0 saturated carbocycles. The van der Waals surface area contributed by atoms with Gasteiger partial charge in [0.05, 0.1) is 25.4 Å². The van der Waals surface area contributed by atoms with E-state index in [-0.39, 0.29) is 12.4 Å². The molecule has 1 aromatic rings. The monoisotopic (exact) mass is 378 g/mol. The Bertz CT molecular complexity index is 699. The van der Waals surface area contributed by atoms with E-state index in [1.165, 1.54) is 18.2 Å². The van der Waals surface area contributed by atoms with Crippen molar-refractivity contribution < 1.29 is 23.8 Å². The lowest BCUT2D eigenvalue weighted by atomic mass is 10.1. The fourth-order valence-electron chi connectivity index (χ4n) is 2.06. The van der Waals surface area contributed by atoms with Crippen LogP contribution in [0.4, 0.5) is 10.5 Å². The molecule has 7 heteroatoms. The Morgan fingerprint density at radius 1 is 1.11 bits per heavy atom. The normalized spacial score (nSPS) is 12.0. The van der Waals surface area contributed by atoms with Crippen LogP contribution in [0, 0.1) is 0 Å². The molecule has 0 aliphatic rings. The molecular weight excluding hydrogens is 348 g/mol. The second-order valence-corrected chi connectivity index (χ2v) is 8.02. The van der Waals surface area contributed by atoms with E-state index >= 15 is 0 Å². The number of esters is 1. The predicted molar refractivity (Wildman–Crippen MR) is 105 cm³/mol. The van der Waals surface area contributed by atoms with Gasteiger partial charge in [-0.15, -0.1) is 0 Å². The standard InChI is InChI=1S/C20H30N2O5/c1-19(2,3)26-17(23)11-9-10-14-12-16(25-8)21-13-15(14)22(7)18(24)27-20(4,5)6/h9-10,12-13H,11H2,1-8H3/b10-9+. The quantitative estimate of drug-likeness (QED) is 0.714. The van der Waals surface area contributed by atoms with Gasteiger partial charge in [-0.1, -0.05) is 12.2 Å². The van der Waals surface area contributed by atoms with Crippen molar-refractivity contribution in [3.8, 4) is 5.88 Å². The molecule has 27 heavy (non-hydrogen) atoms. The highest BCUT2D eigenvalue weighted by Crippen LogP contribution is 2.25. The summed E-state index contributed by atoms with van der Waals surface area (Å²) in [5.41, 5.74) is 0.0504. The molecule has 7 nitrogen and oxygen atoms in total. The number of hydrogen-bond acceptors (Lipinski definition) is 6. The van der Waals surface area contributed by atoms with Gasteiger partial charge in [0.15, 0.2) is 0 Å². The molecule has 0 aromatic carbocycles. The molecule has 0 aliphatic carbocycles. The number of anilines is 1. The van der Waals surface area contributed by atoms with E-state index in [9.17, 15) is 9.59 Å². The number of ether oxygens (including phenoxy) is 3. The highest BCUT2D eigenvalue weighted by atomic mass is 16.6. The van der Waals surface area contributed by atoms with Gasteiger partial charge in [-0.3, -0.25) is 9.69 Å². The maximum absolute atomic E-state index is 12.4. The third-order valence-electron chi connectivity index (χ3n) is 3.13. The summed E-state index contributed by atoms with van der Waals surface area (Å²) in [6.45, 7) is 10.8. The Kier molecular flexibility index (Phi) is 7.39. The van der Waals surface area contributed by atoms with Crippen molar-refractivity contribution in [2.75, 3.05) is 19.1 Å². The van der Waals surface area contributed by atoms with Crippen molar-refractivity contribution in [3.63, 3.8) is 0 Å². The van der Waals surface area contributed by atoms with Gasteiger partial charge in [0, 0.05) is 18.7 Å². The van der Waals surface area contributed by atoms with Crippen molar-refractivity contribution in [2.45, 2.75) is 59.2 Å². The first-order chi connectivity index (χ1) is 12.3. The van der Waals surface area contributed by atoms with Crippen molar-refractivity contribution in [3.05, 3.63) is 23.9 Å². The van der Waals surface area contributed by atoms with Crippen LogP contribution in [0.25, 0.3) is 6.08 Å². The van der Waals surface area contributed by atoms with E-state index in [2.05, 4.69) is 4.98 Å². The molecule has 1 amide bonds. The van der Waals surface area contributed by atoms with E-state index in [1.807, 2.05) is 20.8 Å². The van der Waals surface area contributed by atoms with Gasteiger partial charge in [0.2, 0.25) is 5.88 Å². The molecule has 0 spiro atoms. The summed E-state index contributed by atoms with van der Waals surface area (Å²) in [7, 11) is 3.11. The van der Waals surface area contributed by atoms with Gasteiger partial charge in [0.25, 0.3) is 0 Å². The number of pyridine rings is 1. The Morgan fingerprint density at radius 2 is 1.70 bits per heavy atom. The average Bonchev–Trinajstić information content (AvgIpc) is 2.50. The molecule has 0 N–H and O–H groups in total. The summed E-state index contributed by atoms with van der Waals surface area (Å²) in [6, 6.07) is 1.68.